The lowest BCUT2D eigenvalue weighted by molar-refractivity contribution is -0.143. The van der Waals surface area contributed by atoms with Crippen molar-refractivity contribution in [2.75, 3.05) is 20.3 Å². The molecule has 0 bridgehead atoms. The van der Waals surface area contributed by atoms with Crippen LogP contribution in [-0.4, -0.2) is 36.8 Å². The predicted octanol–water partition coefficient (Wildman–Crippen LogP) is 3.00. The molecule has 0 saturated heterocycles. The van der Waals surface area contributed by atoms with E-state index in [0.717, 1.165) is 11.1 Å². The molecule has 0 fully saturated rings. The van der Waals surface area contributed by atoms with E-state index in [4.69, 9.17) is 21.1 Å². The van der Waals surface area contributed by atoms with E-state index in [1.54, 1.807) is 68.5 Å². The number of halogens is 1. The van der Waals surface area contributed by atoms with Gasteiger partial charge in [0.15, 0.2) is 11.4 Å². The molecular formula is C26H23ClN2O6S. The molecule has 0 amide bonds. The van der Waals surface area contributed by atoms with Crippen LogP contribution in [0.2, 0.25) is 5.02 Å². The number of hydrogen-bond donors (Lipinski definition) is 0. The maximum Gasteiger partial charge on any atom is 0.343 e. The minimum absolute atomic E-state index is 0.193. The van der Waals surface area contributed by atoms with Gasteiger partial charge in [0.2, 0.25) is 0 Å². The number of methoxy groups -OCH3 is 1. The first-order valence-electron chi connectivity index (χ1n) is 11.1. The van der Waals surface area contributed by atoms with E-state index < -0.39 is 18.0 Å². The van der Waals surface area contributed by atoms with Gasteiger partial charge in [0.25, 0.3) is 5.56 Å². The summed E-state index contributed by atoms with van der Waals surface area (Å²) >= 11 is 7.32. The molecule has 0 spiro atoms. The lowest BCUT2D eigenvalue weighted by Crippen LogP contribution is -2.39. The maximum atomic E-state index is 13.6. The van der Waals surface area contributed by atoms with E-state index in [0.29, 0.717) is 31.4 Å². The van der Waals surface area contributed by atoms with Crippen molar-refractivity contribution in [3.8, 4) is 5.75 Å². The van der Waals surface area contributed by atoms with Crippen LogP contribution in [0.25, 0.3) is 6.08 Å². The molecule has 36 heavy (non-hydrogen) atoms. The van der Waals surface area contributed by atoms with Gasteiger partial charge in [-0.1, -0.05) is 47.2 Å². The Morgan fingerprint density at radius 1 is 1.14 bits per heavy atom. The summed E-state index contributed by atoms with van der Waals surface area (Å²) < 4.78 is 17.2. The highest BCUT2D eigenvalue weighted by Gasteiger charge is 2.33. The maximum absolute atomic E-state index is 13.6. The number of hydrogen-bond acceptors (Lipinski definition) is 8. The quantitative estimate of drug-likeness (QED) is 0.439. The average Bonchev–Trinajstić information content (AvgIpc) is 3.17. The number of nitrogens with zero attached hydrogens (tertiary/aromatic N) is 2. The van der Waals surface area contributed by atoms with Crippen molar-refractivity contribution in [1.82, 2.24) is 4.57 Å². The largest absolute Gasteiger partial charge is 0.482 e. The Hall–Kier alpha value is -3.69. The van der Waals surface area contributed by atoms with E-state index >= 15 is 0 Å². The first kappa shape index (κ1) is 25.4. The minimum atomic E-state index is -0.700. The number of allylic oxidation sites excluding steroid dienone is 1. The van der Waals surface area contributed by atoms with Crippen molar-refractivity contribution in [2.24, 2.45) is 4.99 Å². The first-order chi connectivity index (χ1) is 17.3. The summed E-state index contributed by atoms with van der Waals surface area (Å²) in [6, 6.07) is 13.3. The SMILES string of the molecule is CCOC(=O)C1=C(C)N=c2s/c(=C\c3ccc(OCC(=O)OC)cc3)c(=O)n2C1c1ccc(Cl)cc1. The summed E-state index contributed by atoms with van der Waals surface area (Å²) in [5.74, 6) is -0.500. The summed E-state index contributed by atoms with van der Waals surface area (Å²) in [5.41, 5.74) is 2.00. The molecule has 1 unspecified atom stereocenters. The van der Waals surface area contributed by atoms with Gasteiger partial charge in [0.1, 0.15) is 5.75 Å². The van der Waals surface area contributed by atoms with Crippen LogP contribution in [-0.2, 0) is 19.1 Å². The molecule has 1 aromatic heterocycles. The van der Waals surface area contributed by atoms with Crippen LogP contribution in [0.1, 0.15) is 31.0 Å². The number of carbonyl (C=O) groups is 2. The Bertz CT molecular complexity index is 1500. The summed E-state index contributed by atoms with van der Waals surface area (Å²) in [5, 5.41) is 0.545. The van der Waals surface area contributed by atoms with Crippen LogP contribution in [0.5, 0.6) is 5.75 Å². The van der Waals surface area contributed by atoms with E-state index in [2.05, 4.69) is 9.73 Å². The van der Waals surface area contributed by atoms with Crippen LogP contribution in [0.15, 0.2) is 69.6 Å². The van der Waals surface area contributed by atoms with Crippen LogP contribution in [0.3, 0.4) is 0 Å². The molecule has 3 aromatic rings. The lowest BCUT2D eigenvalue weighted by atomic mass is 9.96. The minimum Gasteiger partial charge on any atom is -0.482 e. The van der Waals surface area contributed by atoms with Gasteiger partial charge in [0, 0.05) is 5.02 Å². The number of fused-ring (bicyclic) bond motifs is 1. The number of thiazole rings is 1. The van der Waals surface area contributed by atoms with Gasteiger partial charge in [-0.05, 0) is 55.3 Å². The number of aromatic nitrogens is 1. The summed E-state index contributed by atoms with van der Waals surface area (Å²) in [4.78, 5) is 42.8. The molecule has 10 heteroatoms. The molecular weight excluding hydrogens is 504 g/mol. The predicted molar refractivity (Wildman–Crippen MR) is 136 cm³/mol. The topological polar surface area (TPSA) is 96.2 Å². The van der Waals surface area contributed by atoms with Crippen molar-refractivity contribution in [2.45, 2.75) is 19.9 Å². The third-order valence-electron chi connectivity index (χ3n) is 5.46. The summed E-state index contributed by atoms with van der Waals surface area (Å²) in [6.45, 7) is 3.47. The first-order valence-corrected chi connectivity index (χ1v) is 12.3. The monoisotopic (exact) mass is 526 g/mol. The van der Waals surface area contributed by atoms with Crippen LogP contribution >= 0.6 is 22.9 Å². The van der Waals surface area contributed by atoms with Crippen molar-refractivity contribution in [1.29, 1.82) is 0 Å². The number of carbonyl (C=O) groups excluding carboxylic acids is 2. The highest BCUT2D eigenvalue weighted by Crippen LogP contribution is 2.31. The van der Waals surface area contributed by atoms with Crippen LogP contribution < -0.4 is 19.6 Å². The number of rotatable bonds is 7. The van der Waals surface area contributed by atoms with Gasteiger partial charge in [0.05, 0.1) is 35.6 Å². The third kappa shape index (κ3) is 5.27. The van der Waals surface area contributed by atoms with Crippen molar-refractivity contribution < 1.29 is 23.8 Å². The lowest BCUT2D eigenvalue weighted by Gasteiger charge is -2.24. The number of benzene rings is 2. The van der Waals surface area contributed by atoms with Crippen LogP contribution in [0.4, 0.5) is 0 Å². The molecule has 2 aromatic carbocycles. The zero-order valence-corrected chi connectivity index (χ0v) is 21.4. The van der Waals surface area contributed by atoms with Crippen molar-refractivity contribution >= 4 is 41.0 Å². The highest BCUT2D eigenvalue weighted by molar-refractivity contribution is 7.07. The second-order valence-corrected chi connectivity index (χ2v) is 9.23. The average molecular weight is 527 g/mol. The van der Waals surface area contributed by atoms with Gasteiger partial charge in [-0.2, -0.15) is 0 Å². The molecule has 0 N–H and O–H groups in total. The van der Waals surface area contributed by atoms with Gasteiger partial charge >= 0.3 is 11.9 Å². The van der Waals surface area contributed by atoms with Crippen molar-refractivity contribution in [3.63, 3.8) is 0 Å². The Morgan fingerprint density at radius 3 is 2.47 bits per heavy atom. The van der Waals surface area contributed by atoms with E-state index in [1.165, 1.54) is 23.0 Å². The molecule has 8 nitrogen and oxygen atoms in total. The fraction of sp³-hybridized carbons (Fsp3) is 0.231. The second-order valence-electron chi connectivity index (χ2n) is 7.79. The van der Waals surface area contributed by atoms with Gasteiger partial charge < -0.3 is 14.2 Å². The zero-order valence-electron chi connectivity index (χ0n) is 19.8. The Morgan fingerprint density at radius 2 is 1.83 bits per heavy atom. The normalized spacial score (nSPS) is 15.2. The van der Waals surface area contributed by atoms with Crippen molar-refractivity contribution in [3.05, 3.63) is 95.6 Å². The standard InChI is InChI=1S/C26H23ClN2O6S/c1-4-34-25(32)22-15(2)28-26-29(23(22)17-7-9-18(27)10-8-17)24(31)20(36-26)13-16-5-11-19(12-6-16)35-14-21(30)33-3/h5-13,23H,4,14H2,1-3H3/b20-13-. The molecule has 1 aliphatic rings. The second kappa shape index (κ2) is 10.9. The Balaban J connectivity index is 1.77. The fourth-order valence-electron chi connectivity index (χ4n) is 3.76. The summed E-state index contributed by atoms with van der Waals surface area (Å²) in [6.07, 6.45) is 1.75. The molecule has 0 radical (unpaired) electrons. The van der Waals surface area contributed by atoms with Crippen LogP contribution in [0, 0.1) is 0 Å². The van der Waals surface area contributed by atoms with Gasteiger partial charge in [-0.15, -0.1) is 0 Å². The Labute approximate surface area is 215 Å². The molecule has 1 aliphatic heterocycles. The fourth-order valence-corrected chi connectivity index (χ4v) is 4.94. The molecule has 0 saturated carbocycles. The smallest absolute Gasteiger partial charge is 0.343 e. The van der Waals surface area contributed by atoms with Gasteiger partial charge in [-0.25, -0.2) is 14.6 Å². The number of ether oxygens (including phenoxy) is 3. The summed E-state index contributed by atoms with van der Waals surface area (Å²) in [7, 11) is 1.29. The molecule has 186 valence electrons. The van der Waals surface area contributed by atoms with E-state index in [1.807, 2.05) is 0 Å². The number of esters is 2. The molecule has 2 heterocycles. The van der Waals surface area contributed by atoms with E-state index in [9.17, 15) is 14.4 Å². The van der Waals surface area contributed by atoms with E-state index in [-0.39, 0.29) is 18.8 Å². The molecule has 1 atom stereocenters. The third-order valence-corrected chi connectivity index (χ3v) is 6.70. The zero-order chi connectivity index (χ0) is 25.8. The molecule has 4 rings (SSSR count). The molecule has 0 aliphatic carbocycles. The van der Waals surface area contributed by atoms with Gasteiger partial charge in [-0.3, -0.25) is 9.36 Å². The highest BCUT2D eigenvalue weighted by atomic mass is 35.5. The Kier molecular flexibility index (Phi) is 7.71.